The van der Waals surface area contributed by atoms with Gasteiger partial charge in [0.25, 0.3) is 5.95 Å². The zero-order valence-electron chi connectivity index (χ0n) is 17.5. The third kappa shape index (κ3) is 3.60. The van der Waals surface area contributed by atoms with Crippen LogP contribution in [0.3, 0.4) is 0 Å². The molecule has 1 aliphatic rings. The van der Waals surface area contributed by atoms with E-state index in [1.807, 2.05) is 45.0 Å². The maximum Gasteiger partial charge on any atom is 0.252 e. The lowest BCUT2D eigenvalue weighted by Gasteiger charge is -2.19. The van der Waals surface area contributed by atoms with E-state index in [0.29, 0.717) is 17.5 Å². The molecule has 0 fully saturated rings. The number of aromatic nitrogens is 4. The molecule has 1 aromatic carbocycles. The fraction of sp³-hybridized carbons (Fsp3) is 0.333. The number of ether oxygens (including phenoxy) is 2. The summed E-state index contributed by atoms with van der Waals surface area (Å²) in [5.74, 6) is 2.66. The molecule has 0 bridgehead atoms. The van der Waals surface area contributed by atoms with Crippen molar-refractivity contribution in [3.63, 3.8) is 0 Å². The first-order valence-electron chi connectivity index (χ1n) is 9.46. The molecular weight excluding hydrogens is 402 g/mol. The average Bonchev–Trinajstić information content (AvgIpc) is 2.92. The number of nitrogens with one attached hydrogen (secondary N) is 1. The van der Waals surface area contributed by atoms with Gasteiger partial charge in [0.2, 0.25) is 5.91 Å². The van der Waals surface area contributed by atoms with Crippen molar-refractivity contribution in [1.82, 2.24) is 19.7 Å². The van der Waals surface area contributed by atoms with Gasteiger partial charge in [0.05, 0.1) is 30.9 Å². The number of aryl methyl sites for hydroxylation is 3. The lowest BCUT2D eigenvalue weighted by atomic mass is 10.0. The first kappa shape index (κ1) is 20.2. The fourth-order valence-corrected chi connectivity index (χ4v) is 4.82. The van der Waals surface area contributed by atoms with E-state index in [0.717, 1.165) is 39.7 Å². The van der Waals surface area contributed by atoms with Crippen molar-refractivity contribution in [2.24, 2.45) is 0 Å². The van der Waals surface area contributed by atoms with Crippen LogP contribution < -0.4 is 14.8 Å². The van der Waals surface area contributed by atoms with Gasteiger partial charge in [-0.25, -0.2) is 9.97 Å². The highest BCUT2D eigenvalue weighted by Gasteiger charge is 2.33. The average molecular weight is 426 g/mol. The molecule has 0 spiro atoms. The van der Waals surface area contributed by atoms with Gasteiger partial charge in [-0.1, -0.05) is 0 Å². The van der Waals surface area contributed by atoms with Crippen molar-refractivity contribution >= 4 is 23.5 Å². The molecule has 2 aromatic heterocycles. The molecule has 1 amide bonds. The predicted molar refractivity (Wildman–Crippen MR) is 116 cm³/mol. The molecule has 0 aliphatic carbocycles. The van der Waals surface area contributed by atoms with E-state index in [4.69, 9.17) is 9.47 Å². The number of carbonyl (C=O) groups excluding carboxylic acids is 1. The lowest BCUT2D eigenvalue weighted by molar-refractivity contribution is -0.113. The summed E-state index contributed by atoms with van der Waals surface area (Å²) in [4.78, 5) is 21.6. The Morgan fingerprint density at radius 3 is 2.50 bits per heavy atom. The Kier molecular flexibility index (Phi) is 5.38. The normalized spacial score (nSPS) is 15.9. The molecule has 3 aromatic rings. The lowest BCUT2D eigenvalue weighted by Crippen LogP contribution is -2.17. The molecule has 9 heteroatoms. The quantitative estimate of drug-likeness (QED) is 0.685. The Labute approximate surface area is 179 Å². The number of hydrogen-bond acceptors (Lipinski definition) is 7. The van der Waals surface area contributed by atoms with Crippen molar-refractivity contribution in [3.8, 4) is 17.4 Å². The number of carbonyl (C=O) groups is 1. The Hall–Kier alpha value is -3.07. The minimum atomic E-state index is -0.177. The van der Waals surface area contributed by atoms with Gasteiger partial charge in [0.15, 0.2) is 0 Å². The summed E-state index contributed by atoms with van der Waals surface area (Å²) in [6.45, 7) is 5.74. The van der Waals surface area contributed by atoms with Gasteiger partial charge in [-0.05, 0) is 45.0 Å². The van der Waals surface area contributed by atoms with Gasteiger partial charge < -0.3 is 14.8 Å². The van der Waals surface area contributed by atoms with Crippen molar-refractivity contribution in [3.05, 3.63) is 52.5 Å². The van der Waals surface area contributed by atoms with Crippen molar-refractivity contribution in [2.75, 3.05) is 25.3 Å². The van der Waals surface area contributed by atoms with Crippen LogP contribution in [0.2, 0.25) is 0 Å². The smallest absolute Gasteiger partial charge is 0.252 e. The van der Waals surface area contributed by atoms with Crippen LogP contribution in [-0.2, 0) is 4.79 Å². The number of benzene rings is 1. The second kappa shape index (κ2) is 7.98. The molecule has 0 saturated carbocycles. The van der Waals surface area contributed by atoms with Crippen LogP contribution in [0.15, 0.2) is 24.3 Å². The standard InChI is InChI=1S/C21H23N5O3S/c1-11-8-12(2)23-21(22-11)26-20-18(13(3)25-26)19(30-10-17(27)24-20)15-9-14(28-4)6-7-16(15)29-5/h6-9,19H,10H2,1-5H3,(H,24,27)/t19-/m1/s1. The van der Waals surface area contributed by atoms with E-state index in [1.54, 1.807) is 18.9 Å². The molecular formula is C21H23N5O3S. The van der Waals surface area contributed by atoms with Crippen LogP contribution >= 0.6 is 11.8 Å². The predicted octanol–water partition coefficient (Wildman–Crippen LogP) is 3.38. The van der Waals surface area contributed by atoms with Crippen LogP contribution in [-0.4, -0.2) is 45.6 Å². The van der Waals surface area contributed by atoms with Crippen LogP contribution in [0.4, 0.5) is 5.82 Å². The van der Waals surface area contributed by atoms with Crippen LogP contribution in [0.5, 0.6) is 11.5 Å². The van der Waals surface area contributed by atoms with Gasteiger partial charge in [0, 0.05) is 22.5 Å². The zero-order chi connectivity index (χ0) is 21.4. The molecule has 1 atom stereocenters. The Balaban J connectivity index is 1.93. The number of rotatable bonds is 4. The summed E-state index contributed by atoms with van der Waals surface area (Å²) in [5.41, 5.74) is 4.28. The molecule has 4 rings (SSSR count). The zero-order valence-corrected chi connectivity index (χ0v) is 18.3. The molecule has 30 heavy (non-hydrogen) atoms. The largest absolute Gasteiger partial charge is 0.497 e. The molecule has 1 N–H and O–H groups in total. The number of anilines is 1. The maximum absolute atomic E-state index is 12.6. The fourth-order valence-electron chi connectivity index (χ4n) is 3.62. The van der Waals surface area contributed by atoms with Crippen molar-refractivity contribution in [1.29, 1.82) is 0 Å². The SMILES string of the molecule is COc1ccc(OC)c([C@H]2SCC(=O)Nc3c2c(C)nn3-c2nc(C)cc(C)n2)c1. The van der Waals surface area contributed by atoms with Gasteiger partial charge in [-0.2, -0.15) is 9.78 Å². The Bertz CT molecular complexity index is 1110. The van der Waals surface area contributed by atoms with E-state index >= 15 is 0 Å². The molecule has 0 saturated heterocycles. The summed E-state index contributed by atoms with van der Waals surface area (Å²) >= 11 is 1.52. The molecule has 1 aliphatic heterocycles. The number of nitrogens with zero attached hydrogens (tertiary/aromatic N) is 4. The van der Waals surface area contributed by atoms with E-state index in [1.165, 1.54) is 11.8 Å². The van der Waals surface area contributed by atoms with Gasteiger partial charge in [-0.3, -0.25) is 4.79 Å². The van der Waals surface area contributed by atoms with E-state index in [-0.39, 0.29) is 11.2 Å². The second-order valence-electron chi connectivity index (χ2n) is 7.06. The summed E-state index contributed by atoms with van der Waals surface area (Å²) < 4.78 is 12.7. The number of amides is 1. The van der Waals surface area contributed by atoms with E-state index < -0.39 is 0 Å². The summed E-state index contributed by atoms with van der Waals surface area (Å²) in [6, 6.07) is 7.58. The van der Waals surface area contributed by atoms with Crippen LogP contribution in [0, 0.1) is 20.8 Å². The molecule has 156 valence electrons. The molecule has 0 radical (unpaired) electrons. The Morgan fingerprint density at radius 1 is 1.10 bits per heavy atom. The number of fused-ring (bicyclic) bond motifs is 1. The second-order valence-corrected chi connectivity index (χ2v) is 8.15. The van der Waals surface area contributed by atoms with E-state index in [9.17, 15) is 4.79 Å². The molecule has 8 nitrogen and oxygen atoms in total. The number of thioether (sulfide) groups is 1. The summed E-state index contributed by atoms with van der Waals surface area (Å²) in [7, 11) is 3.26. The van der Waals surface area contributed by atoms with Gasteiger partial charge in [-0.15, -0.1) is 11.8 Å². The summed E-state index contributed by atoms with van der Waals surface area (Å²) in [5, 5.41) is 7.51. The maximum atomic E-state index is 12.6. The van der Waals surface area contributed by atoms with Gasteiger partial charge in [0.1, 0.15) is 17.3 Å². The third-order valence-corrected chi connectivity index (χ3v) is 6.14. The third-order valence-electron chi connectivity index (χ3n) is 4.89. The van der Waals surface area contributed by atoms with Crippen molar-refractivity contribution < 1.29 is 14.3 Å². The van der Waals surface area contributed by atoms with Crippen LogP contribution in [0.25, 0.3) is 5.95 Å². The topological polar surface area (TPSA) is 91.2 Å². The molecule has 3 heterocycles. The first-order valence-corrected chi connectivity index (χ1v) is 10.5. The minimum Gasteiger partial charge on any atom is -0.497 e. The van der Waals surface area contributed by atoms with Crippen molar-refractivity contribution in [2.45, 2.75) is 26.0 Å². The first-order chi connectivity index (χ1) is 14.4. The van der Waals surface area contributed by atoms with Crippen LogP contribution in [0.1, 0.15) is 33.5 Å². The number of methoxy groups -OCH3 is 2. The minimum absolute atomic E-state index is 0.101. The van der Waals surface area contributed by atoms with E-state index in [2.05, 4.69) is 20.4 Å². The Morgan fingerprint density at radius 2 is 1.83 bits per heavy atom. The highest BCUT2D eigenvalue weighted by atomic mass is 32.2. The summed E-state index contributed by atoms with van der Waals surface area (Å²) in [6.07, 6.45) is 0. The van der Waals surface area contributed by atoms with Gasteiger partial charge >= 0.3 is 0 Å². The molecule has 0 unspecified atom stereocenters. The highest BCUT2D eigenvalue weighted by Crippen LogP contribution is 2.47. The highest BCUT2D eigenvalue weighted by molar-refractivity contribution is 8.00. The number of hydrogen-bond donors (Lipinski definition) is 1. The monoisotopic (exact) mass is 425 g/mol.